The van der Waals surface area contributed by atoms with Gasteiger partial charge < -0.3 is 10.3 Å². The Bertz CT molecular complexity index is 423. The van der Waals surface area contributed by atoms with Crippen LogP contribution in [0.4, 0.5) is 0 Å². The first-order valence-corrected chi connectivity index (χ1v) is 7.35. The minimum absolute atomic E-state index is 0.319. The first-order valence-electron chi connectivity index (χ1n) is 7.35. The van der Waals surface area contributed by atoms with Crippen LogP contribution in [-0.4, -0.2) is 15.7 Å². The van der Waals surface area contributed by atoms with Crippen LogP contribution in [0.5, 0.6) is 0 Å². The molecule has 0 amide bonds. The van der Waals surface area contributed by atoms with Crippen molar-refractivity contribution in [1.29, 1.82) is 0 Å². The maximum Gasteiger partial charge on any atom is 0.234 e. The van der Waals surface area contributed by atoms with Crippen LogP contribution < -0.4 is 5.73 Å². The second-order valence-electron chi connectivity index (χ2n) is 7.26. The van der Waals surface area contributed by atoms with Gasteiger partial charge in [-0.25, -0.2) is 0 Å². The molecule has 19 heavy (non-hydrogen) atoms. The highest BCUT2D eigenvalue weighted by Gasteiger charge is 2.40. The summed E-state index contributed by atoms with van der Waals surface area (Å²) >= 11 is 0. The van der Waals surface area contributed by atoms with E-state index in [4.69, 9.17) is 10.3 Å². The Kier molecular flexibility index (Phi) is 3.74. The van der Waals surface area contributed by atoms with Crippen molar-refractivity contribution < 1.29 is 4.52 Å². The molecule has 1 aliphatic carbocycles. The van der Waals surface area contributed by atoms with Crippen molar-refractivity contribution >= 4 is 0 Å². The Morgan fingerprint density at radius 1 is 1.11 bits per heavy atom. The zero-order chi connectivity index (χ0) is 14.3. The fraction of sp³-hybridized carbons (Fsp3) is 0.867. The van der Waals surface area contributed by atoms with E-state index in [-0.39, 0.29) is 5.41 Å². The Labute approximate surface area is 116 Å². The summed E-state index contributed by atoms with van der Waals surface area (Å²) < 4.78 is 5.49. The quantitative estimate of drug-likeness (QED) is 0.910. The maximum absolute atomic E-state index is 6.22. The summed E-state index contributed by atoms with van der Waals surface area (Å²) in [6.45, 7) is 10.4. The van der Waals surface area contributed by atoms with E-state index in [1.807, 2.05) is 13.8 Å². The first-order chi connectivity index (χ1) is 8.72. The Balaban J connectivity index is 2.15. The molecule has 0 spiro atoms. The largest absolute Gasteiger partial charge is 0.339 e. The molecular weight excluding hydrogens is 238 g/mol. The molecule has 1 aliphatic rings. The van der Waals surface area contributed by atoms with E-state index in [2.05, 4.69) is 30.9 Å². The van der Waals surface area contributed by atoms with Crippen molar-refractivity contribution in [3.05, 3.63) is 11.7 Å². The Morgan fingerprint density at radius 3 is 2.21 bits per heavy atom. The number of nitrogens with zero attached hydrogens (tertiary/aromatic N) is 2. The van der Waals surface area contributed by atoms with Gasteiger partial charge in [-0.1, -0.05) is 24.9 Å². The SMILES string of the molecule is CC1CCC(c2noc(C(C)(C)C(C)(C)N)n2)CC1. The molecule has 0 radical (unpaired) electrons. The van der Waals surface area contributed by atoms with Crippen LogP contribution in [0.15, 0.2) is 4.52 Å². The van der Waals surface area contributed by atoms with Gasteiger partial charge in [0.05, 0.1) is 5.41 Å². The van der Waals surface area contributed by atoms with E-state index in [0.717, 1.165) is 11.7 Å². The van der Waals surface area contributed by atoms with Crippen LogP contribution in [0.25, 0.3) is 0 Å². The average Bonchev–Trinajstić information content (AvgIpc) is 2.78. The van der Waals surface area contributed by atoms with Crippen molar-refractivity contribution in [3.63, 3.8) is 0 Å². The number of nitrogens with two attached hydrogens (primary N) is 1. The number of rotatable bonds is 3. The van der Waals surface area contributed by atoms with E-state index in [1.54, 1.807) is 0 Å². The van der Waals surface area contributed by atoms with Gasteiger partial charge in [-0.3, -0.25) is 0 Å². The Morgan fingerprint density at radius 2 is 1.68 bits per heavy atom. The highest BCUT2D eigenvalue weighted by atomic mass is 16.5. The number of aromatic nitrogens is 2. The molecule has 0 unspecified atom stereocenters. The number of hydrogen-bond donors (Lipinski definition) is 1. The fourth-order valence-corrected chi connectivity index (χ4v) is 2.45. The fourth-order valence-electron chi connectivity index (χ4n) is 2.45. The molecule has 0 aliphatic heterocycles. The zero-order valence-corrected chi connectivity index (χ0v) is 12.9. The summed E-state index contributed by atoms with van der Waals surface area (Å²) in [7, 11) is 0. The molecule has 1 saturated carbocycles. The summed E-state index contributed by atoms with van der Waals surface area (Å²) in [4.78, 5) is 4.64. The lowest BCUT2D eigenvalue weighted by Crippen LogP contribution is -2.50. The first kappa shape index (κ1) is 14.5. The van der Waals surface area contributed by atoms with Crippen molar-refractivity contribution in [2.45, 2.75) is 77.2 Å². The second kappa shape index (κ2) is 4.89. The molecule has 2 N–H and O–H groups in total. The molecule has 4 nitrogen and oxygen atoms in total. The molecule has 0 saturated heterocycles. The van der Waals surface area contributed by atoms with Gasteiger partial charge in [0.25, 0.3) is 0 Å². The van der Waals surface area contributed by atoms with Crippen molar-refractivity contribution in [2.24, 2.45) is 11.7 Å². The highest BCUT2D eigenvalue weighted by Crippen LogP contribution is 2.36. The molecule has 0 bridgehead atoms. The summed E-state index contributed by atoms with van der Waals surface area (Å²) in [6, 6.07) is 0. The predicted molar refractivity (Wildman–Crippen MR) is 76.0 cm³/mol. The van der Waals surface area contributed by atoms with Crippen LogP contribution >= 0.6 is 0 Å². The zero-order valence-electron chi connectivity index (χ0n) is 12.9. The topological polar surface area (TPSA) is 64.9 Å². The van der Waals surface area contributed by atoms with Crippen LogP contribution in [0.3, 0.4) is 0 Å². The van der Waals surface area contributed by atoms with Gasteiger partial charge in [-0.2, -0.15) is 4.98 Å². The smallest absolute Gasteiger partial charge is 0.234 e. The summed E-state index contributed by atoms with van der Waals surface area (Å²) in [5.74, 6) is 2.83. The van der Waals surface area contributed by atoms with E-state index in [1.165, 1.54) is 25.7 Å². The van der Waals surface area contributed by atoms with Crippen LogP contribution in [-0.2, 0) is 5.41 Å². The molecule has 0 aromatic carbocycles. The second-order valence-corrected chi connectivity index (χ2v) is 7.26. The lowest BCUT2D eigenvalue weighted by molar-refractivity contribution is 0.222. The molecule has 0 atom stereocenters. The normalized spacial score (nSPS) is 25.6. The lowest BCUT2D eigenvalue weighted by atomic mass is 9.75. The summed E-state index contributed by atoms with van der Waals surface area (Å²) in [5, 5.41) is 4.20. The van der Waals surface area contributed by atoms with Crippen molar-refractivity contribution in [2.75, 3.05) is 0 Å². The summed E-state index contributed by atoms with van der Waals surface area (Å²) in [5.41, 5.74) is 5.51. The monoisotopic (exact) mass is 265 g/mol. The van der Waals surface area contributed by atoms with Gasteiger partial charge in [0.1, 0.15) is 0 Å². The minimum atomic E-state index is -0.391. The lowest BCUT2D eigenvalue weighted by Gasteiger charge is -2.34. The van der Waals surface area contributed by atoms with Gasteiger partial charge in [-0.05, 0) is 46.5 Å². The summed E-state index contributed by atoms with van der Waals surface area (Å²) in [6.07, 6.45) is 4.87. The molecule has 1 fully saturated rings. The van der Waals surface area contributed by atoms with Gasteiger partial charge in [-0.15, -0.1) is 0 Å². The highest BCUT2D eigenvalue weighted by molar-refractivity contribution is 5.12. The molecule has 108 valence electrons. The van der Waals surface area contributed by atoms with Crippen LogP contribution in [0.1, 0.15) is 77.9 Å². The van der Waals surface area contributed by atoms with Crippen LogP contribution in [0, 0.1) is 5.92 Å². The van der Waals surface area contributed by atoms with Crippen molar-refractivity contribution in [1.82, 2.24) is 10.1 Å². The van der Waals surface area contributed by atoms with E-state index < -0.39 is 5.54 Å². The van der Waals surface area contributed by atoms with Crippen molar-refractivity contribution in [3.8, 4) is 0 Å². The van der Waals surface area contributed by atoms with E-state index in [9.17, 15) is 0 Å². The van der Waals surface area contributed by atoms with Gasteiger partial charge >= 0.3 is 0 Å². The van der Waals surface area contributed by atoms with Gasteiger partial charge in [0.2, 0.25) is 5.89 Å². The molecule has 1 heterocycles. The predicted octanol–water partition coefficient (Wildman–Crippen LogP) is 3.38. The van der Waals surface area contributed by atoms with E-state index >= 15 is 0 Å². The standard InChI is InChI=1S/C15H27N3O/c1-10-6-8-11(9-7-10)12-17-13(19-18-12)14(2,3)15(4,5)16/h10-11H,6-9,16H2,1-5H3. The third-order valence-corrected chi connectivity index (χ3v) is 4.97. The molecule has 2 rings (SSSR count). The van der Waals surface area contributed by atoms with Gasteiger partial charge in [0, 0.05) is 11.5 Å². The molecule has 1 aromatic heterocycles. The maximum atomic E-state index is 6.22. The third kappa shape index (κ3) is 2.83. The average molecular weight is 265 g/mol. The molecular formula is C15H27N3O. The number of hydrogen-bond acceptors (Lipinski definition) is 4. The molecule has 4 heteroatoms. The minimum Gasteiger partial charge on any atom is -0.339 e. The van der Waals surface area contributed by atoms with E-state index in [0.29, 0.717) is 11.8 Å². The molecule has 1 aromatic rings. The third-order valence-electron chi connectivity index (χ3n) is 4.97. The Hall–Kier alpha value is -0.900. The van der Waals surface area contributed by atoms with Crippen LogP contribution in [0.2, 0.25) is 0 Å². The van der Waals surface area contributed by atoms with Gasteiger partial charge in [0.15, 0.2) is 5.82 Å².